The molecule has 2 aromatic rings. The van der Waals surface area contributed by atoms with Crippen LogP contribution >= 0.6 is 11.6 Å². The molecule has 5 nitrogen and oxygen atoms in total. The smallest absolute Gasteiger partial charge is 0.230 e. The molecule has 7 heteroatoms. The number of hydrogen-bond donors (Lipinski definition) is 1. The normalized spacial score (nSPS) is 17.2. The average molecular weight is 348 g/mol. The molecule has 0 bridgehead atoms. The topological polar surface area (TPSA) is 62.3 Å². The van der Waals surface area contributed by atoms with Gasteiger partial charge in [-0.25, -0.2) is 9.37 Å². The lowest BCUT2D eigenvalue weighted by Crippen LogP contribution is -2.28. The Labute approximate surface area is 143 Å². The van der Waals surface area contributed by atoms with Crippen LogP contribution in [0.2, 0.25) is 5.02 Å². The van der Waals surface area contributed by atoms with E-state index in [1.165, 1.54) is 17.2 Å². The number of anilines is 2. The second kappa shape index (κ2) is 6.57. The van der Waals surface area contributed by atoms with Gasteiger partial charge in [-0.05, 0) is 36.8 Å². The zero-order valence-electron chi connectivity index (χ0n) is 12.9. The molecule has 124 valence electrons. The van der Waals surface area contributed by atoms with Crippen LogP contribution in [0.1, 0.15) is 12.0 Å². The number of carbonyl (C=O) groups is 2. The van der Waals surface area contributed by atoms with Crippen LogP contribution in [-0.4, -0.2) is 23.3 Å². The maximum absolute atomic E-state index is 14.1. The standard InChI is InChI=1S/C17H15ClFN3O2/c1-10-2-4-14(13(19)6-10)22-9-11(7-16(22)23)17(24)21-15-5-3-12(18)8-20-15/h2-6,8,11H,7,9H2,1H3,(H,20,21,24). The third kappa shape index (κ3) is 3.38. The summed E-state index contributed by atoms with van der Waals surface area (Å²) in [6.07, 6.45) is 1.46. The van der Waals surface area contributed by atoms with Crippen LogP contribution in [0.15, 0.2) is 36.5 Å². The van der Waals surface area contributed by atoms with Gasteiger partial charge in [0.2, 0.25) is 11.8 Å². The van der Waals surface area contributed by atoms with Gasteiger partial charge in [-0.2, -0.15) is 0 Å². The maximum atomic E-state index is 14.1. The van der Waals surface area contributed by atoms with Crippen molar-refractivity contribution in [2.24, 2.45) is 5.92 Å². The number of halogens is 2. The predicted octanol–water partition coefficient (Wildman–Crippen LogP) is 3.17. The molecule has 1 aliphatic heterocycles. The number of pyridine rings is 1. The van der Waals surface area contributed by atoms with E-state index in [0.29, 0.717) is 10.8 Å². The van der Waals surface area contributed by atoms with Crippen LogP contribution in [0.3, 0.4) is 0 Å². The number of aryl methyl sites for hydroxylation is 1. The minimum atomic E-state index is -0.560. The van der Waals surface area contributed by atoms with Gasteiger partial charge in [0, 0.05) is 19.2 Å². The fourth-order valence-electron chi connectivity index (χ4n) is 2.62. The number of carbonyl (C=O) groups excluding carboxylic acids is 2. The molecule has 24 heavy (non-hydrogen) atoms. The van der Waals surface area contributed by atoms with Gasteiger partial charge in [0.25, 0.3) is 0 Å². The van der Waals surface area contributed by atoms with Crippen molar-refractivity contribution >= 4 is 34.9 Å². The molecule has 2 amide bonds. The van der Waals surface area contributed by atoms with Crippen molar-refractivity contribution in [3.63, 3.8) is 0 Å². The second-order valence-corrected chi connectivity index (χ2v) is 6.15. The third-order valence-electron chi connectivity index (χ3n) is 3.87. The summed E-state index contributed by atoms with van der Waals surface area (Å²) in [4.78, 5) is 29.8. The number of hydrogen-bond acceptors (Lipinski definition) is 3. The number of rotatable bonds is 3. The van der Waals surface area contributed by atoms with Crippen molar-refractivity contribution in [2.75, 3.05) is 16.8 Å². The van der Waals surface area contributed by atoms with Gasteiger partial charge in [-0.15, -0.1) is 0 Å². The Kier molecular flexibility index (Phi) is 4.49. The highest BCUT2D eigenvalue weighted by atomic mass is 35.5. The van der Waals surface area contributed by atoms with E-state index < -0.39 is 11.7 Å². The number of amides is 2. The zero-order chi connectivity index (χ0) is 17.3. The summed E-state index contributed by atoms with van der Waals surface area (Å²) < 4.78 is 14.1. The average Bonchev–Trinajstić information content (AvgIpc) is 2.91. The molecule has 1 aromatic carbocycles. The summed E-state index contributed by atoms with van der Waals surface area (Å²) in [5.74, 6) is -1.27. The van der Waals surface area contributed by atoms with E-state index in [1.54, 1.807) is 31.2 Å². The molecule has 3 rings (SSSR count). The molecular formula is C17H15ClFN3O2. The van der Waals surface area contributed by atoms with Crippen LogP contribution in [0.5, 0.6) is 0 Å². The molecule has 1 aromatic heterocycles. The van der Waals surface area contributed by atoms with Gasteiger partial charge in [0.05, 0.1) is 16.6 Å². The van der Waals surface area contributed by atoms with Gasteiger partial charge in [-0.1, -0.05) is 17.7 Å². The van der Waals surface area contributed by atoms with Gasteiger partial charge in [-0.3, -0.25) is 9.59 Å². The monoisotopic (exact) mass is 347 g/mol. The summed E-state index contributed by atoms with van der Waals surface area (Å²) in [6.45, 7) is 1.91. The maximum Gasteiger partial charge on any atom is 0.230 e. The van der Waals surface area contributed by atoms with Gasteiger partial charge in [0.15, 0.2) is 0 Å². The predicted molar refractivity (Wildman–Crippen MR) is 89.5 cm³/mol. The number of benzene rings is 1. The van der Waals surface area contributed by atoms with E-state index in [2.05, 4.69) is 10.3 Å². The Bertz CT molecular complexity index is 795. The molecule has 0 spiro atoms. The van der Waals surface area contributed by atoms with E-state index >= 15 is 0 Å². The lowest BCUT2D eigenvalue weighted by atomic mass is 10.1. The lowest BCUT2D eigenvalue weighted by Gasteiger charge is -2.17. The first-order valence-corrected chi connectivity index (χ1v) is 7.81. The van der Waals surface area contributed by atoms with Gasteiger partial charge >= 0.3 is 0 Å². The van der Waals surface area contributed by atoms with Crippen LogP contribution in [-0.2, 0) is 9.59 Å². The molecule has 2 heterocycles. The summed E-state index contributed by atoms with van der Waals surface area (Å²) in [7, 11) is 0. The fraction of sp³-hybridized carbons (Fsp3) is 0.235. The molecule has 0 radical (unpaired) electrons. The van der Waals surface area contributed by atoms with Gasteiger partial charge < -0.3 is 10.2 Å². The minimum absolute atomic E-state index is 0.0345. The molecule has 1 fully saturated rings. The Balaban J connectivity index is 1.72. The molecular weight excluding hydrogens is 333 g/mol. The molecule has 1 unspecified atom stereocenters. The fourth-order valence-corrected chi connectivity index (χ4v) is 2.74. The first-order valence-electron chi connectivity index (χ1n) is 7.43. The Morgan fingerprint density at radius 3 is 2.83 bits per heavy atom. The van der Waals surface area contributed by atoms with Crippen LogP contribution in [0.4, 0.5) is 15.9 Å². The number of nitrogens with zero attached hydrogens (tertiary/aromatic N) is 2. The van der Waals surface area contributed by atoms with Crippen molar-refractivity contribution in [1.29, 1.82) is 0 Å². The number of aromatic nitrogens is 1. The summed E-state index contributed by atoms with van der Waals surface area (Å²) in [5.41, 5.74) is 0.969. The lowest BCUT2D eigenvalue weighted by molar-refractivity contribution is -0.122. The minimum Gasteiger partial charge on any atom is -0.310 e. The molecule has 0 aliphatic carbocycles. The first-order chi connectivity index (χ1) is 11.4. The van der Waals surface area contributed by atoms with Crippen molar-refractivity contribution in [2.45, 2.75) is 13.3 Å². The third-order valence-corrected chi connectivity index (χ3v) is 4.09. The van der Waals surface area contributed by atoms with E-state index in [1.807, 2.05) is 0 Å². The highest BCUT2D eigenvalue weighted by molar-refractivity contribution is 6.30. The van der Waals surface area contributed by atoms with E-state index in [9.17, 15) is 14.0 Å². The molecule has 0 saturated carbocycles. The van der Waals surface area contributed by atoms with Crippen molar-refractivity contribution in [3.05, 3.63) is 52.9 Å². The molecule has 1 saturated heterocycles. The quantitative estimate of drug-likeness (QED) is 0.927. The van der Waals surface area contributed by atoms with Crippen molar-refractivity contribution in [3.8, 4) is 0 Å². The van der Waals surface area contributed by atoms with Gasteiger partial charge in [0.1, 0.15) is 11.6 Å². The van der Waals surface area contributed by atoms with Crippen LogP contribution in [0, 0.1) is 18.7 Å². The van der Waals surface area contributed by atoms with E-state index in [0.717, 1.165) is 5.56 Å². The zero-order valence-corrected chi connectivity index (χ0v) is 13.7. The van der Waals surface area contributed by atoms with Crippen molar-refractivity contribution in [1.82, 2.24) is 4.98 Å². The van der Waals surface area contributed by atoms with Crippen LogP contribution < -0.4 is 10.2 Å². The Morgan fingerprint density at radius 1 is 1.38 bits per heavy atom. The molecule has 1 atom stereocenters. The summed E-state index contributed by atoms with van der Waals surface area (Å²) in [5, 5.41) is 3.11. The largest absolute Gasteiger partial charge is 0.310 e. The van der Waals surface area contributed by atoms with Crippen molar-refractivity contribution < 1.29 is 14.0 Å². The Hall–Kier alpha value is -2.47. The first kappa shape index (κ1) is 16.4. The summed E-state index contributed by atoms with van der Waals surface area (Å²) >= 11 is 5.75. The molecule has 1 aliphatic rings. The Morgan fingerprint density at radius 2 is 2.17 bits per heavy atom. The second-order valence-electron chi connectivity index (χ2n) is 5.71. The number of nitrogens with one attached hydrogen (secondary N) is 1. The molecule has 1 N–H and O–H groups in total. The van der Waals surface area contributed by atoms with E-state index in [4.69, 9.17) is 11.6 Å². The SMILES string of the molecule is Cc1ccc(N2CC(C(=O)Nc3ccc(Cl)cn3)CC2=O)c(F)c1. The van der Waals surface area contributed by atoms with E-state index in [-0.39, 0.29) is 30.5 Å². The highest BCUT2D eigenvalue weighted by Gasteiger charge is 2.36. The highest BCUT2D eigenvalue weighted by Crippen LogP contribution is 2.28. The van der Waals surface area contributed by atoms with Crippen LogP contribution in [0.25, 0.3) is 0 Å². The summed E-state index contributed by atoms with van der Waals surface area (Å²) in [6, 6.07) is 7.85.